The third-order valence-corrected chi connectivity index (χ3v) is 6.19. The van der Waals surface area contributed by atoms with Gasteiger partial charge in [0.1, 0.15) is 11.6 Å². The highest BCUT2D eigenvalue weighted by molar-refractivity contribution is 8.00. The van der Waals surface area contributed by atoms with Crippen molar-refractivity contribution in [1.29, 1.82) is 0 Å². The van der Waals surface area contributed by atoms with Gasteiger partial charge in [-0.05, 0) is 42.0 Å². The molecule has 0 saturated carbocycles. The molecule has 3 aromatic rings. The first kappa shape index (κ1) is 22.8. The molecule has 0 radical (unpaired) electrons. The number of hydrogen-bond acceptors (Lipinski definition) is 4. The number of nitrogens with one attached hydrogen (secondary N) is 2. The number of rotatable bonds is 9. The number of amides is 2. The van der Waals surface area contributed by atoms with Gasteiger partial charge in [-0.25, -0.2) is 8.78 Å². The van der Waals surface area contributed by atoms with Gasteiger partial charge in [-0.3, -0.25) is 9.59 Å². The highest BCUT2D eigenvalue weighted by Crippen LogP contribution is 2.22. The molecule has 0 spiro atoms. The summed E-state index contributed by atoms with van der Waals surface area (Å²) in [5.41, 5.74) is 1.40. The van der Waals surface area contributed by atoms with Crippen LogP contribution in [0, 0.1) is 11.6 Å². The Balaban J connectivity index is 1.45. The molecular weight excluding hydrogens is 438 g/mol. The van der Waals surface area contributed by atoms with Gasteiger partial charge in [0, 0.05) is 22.0 Å². The van der Waals surface area contributed by atoms with E-state index in [1.165, 1.54) is 12.1 Å². The lowest BCUT2D eigenvalue weighted by molar-refractivity contribution is -0.118. The summed E-state index contributed by atoms with van der Waals surface area (Å²) < 4.78 is 27.2. The number of benzene rings is 3. The van der Waals surface area contributed by atoms with E-state index in [0.29, 0.717) is 15.5 Å². The predicted octanol–water partition coefficient (Wildman–Crippen LogP) is 5.10. The van der Waals surface area contributed by atoms with E-state index in [2.05, 4.69) is 10.6 Å². The quantitative estimate of drug-likeness (QED) is 0.438. The maximum absolute atomic E-state index is 13.6. The van der Waals surface area contributed by atoms with E-state index in [4.69, 9.17) is 0 Å². The fraction of sp³-hybridized carbons (Fsp3) is 0.130. The summed E-state index contributed by atoms with van der Waals surface area (Å²) in [5, 5.41) is 5.55. The average Bonchev–Trinajstić information content (AvgIpc) is 2.77. The van der Waals surface area contributed by atoms with Gasteiger partial charge in [-0.1, -0.05) is 36.4 Å². The fourth-order valence-electron chi connectivity index (χ4n) is 2.62. The SMILES string of the molecule is O=C(CSc1ccccc1F)NCc1cccc(NC(=O)CSc2ccccc2F)c1. The first-order chi connectivity index (χ1) is 15.0. The van der Waals surface area contributed by atoms with E-state index in [-0.39, 0.29) is 41.5 Å². The van der Waals surface area contributed by atoms with Crippen molar-refractivity contribution in [2.45, 2.75) is 16.3 Å². The first-order valence-corrected chi connectivity index (χ1v) is 11.4. The van der Waals surface area contributed by atoms with Crippen molar-refractivity contribution < 1.29 is 18.4 Å². The number of carbonyl (C=O) groups is 2. The molecule has 2 amide bonds. The number of thioether (sulfide) groups is 2. The molecule has 0 aliphatic carbocycles. The Morgan fingerprint density at radius 3 is 1.94 bits per heavy atom. The van der Waals surface area contributed by atoms with E-state index in [0.717, 1.165) is 29.1 Å². The molecule has 3 aromatic carbocycles. The van der Waals surface area contributed by atoms with Crippen LogP contribution in [-0.4, -0.2) is 23.3 Å². The Labute approximate surface area is 187 Å². The minimum atomic E-state index is -0.355. The molecule has 31 heavy (non-hydrogen) atoms. The largest absolute Gasteiger partial charge is 0.351 e. The first-order valence-electron chi connectivity index (χ1n) is 9.41. The zero-order valence-electron chi connectivity index (χ0n) is 16.4. The molecule has 0 aliphatic rings. The Hall–Kier alpha value is -2.84. The minimum Gasteiger partial charge on any atom is -0.351 e. The molecule has 0 bridgehead atoms. The summed E-state index contributed by atoms with van der Waals surface area (Å²) in [6, 6.07) is 19.7. The summed E-state index contributed by atoms with van der Waals surface area (Å²) in [6.07, 6.45) is 0. The fourth-order valence-corrected chi connectivity index (χ4v) is 4.13. The summed E-state index contributed by atoms with van der Waals surface area (Å²) >= 11 is 2.26. The summed E-state index contributed by atoms with van der Waals surface area (Å²) in [6.45, 7) is 0.282. The van der Waals surface area contributed by atoms with Gasteiger partial charge in [0.2, 0.25) is 11.8 Å². The Kier molecular flexibility index (Phi) is 8.49. The minimum absolute atomic E-state index is 0.0785. The molecule has 0 heterocycles. The second-order valence-electron chi connectivity index (χ2n) is 6.46. The molecule has 4 nitrogen and oxygen atoms in total. The van der Waals surface area contributed by atoms with Crippen LogP contribution in [0.25, 0.3) is 0 Å². The molecule has 0 aromatic heterocycles. The third-order valence-electron chi connectivity index (χ3n) is 4.09. The number of anilines is 1. The molecule has 8 heteroatoms. The van der Waals surface area contributed by atoms with Crippen LogP contribution in [0.1, 0.15) is 5.56 Å². The molecule has 0 saturated heterocycles. The molecule has 3 rings (SSSR count). The van der Waals surface area contributed by atoms with Crippen molar-refractivity contribution in [2.24, 2.45) is 0 Å². The summed E-state index contributed by atoms with van der Waals surface area (Å²) in [7, 11) is 0. The zero-order valence-corrected chi connectivity index (χ0v) is 18.1. The third kappa shape index (κ3) is 7.41. The standard InChI is InChI=1S/C23H20F2N2O2S2/c24-18-8-1-3-10-20(18)30-14-22(28)26-13-16-6-5-7-17(12-16)27-23(29)15-31-21-11-4-2-9-19(21)25/h1-12H,13-15H2,(H,26,28)(H,27,29). The van der Waals surface area contributed by atoms with Crippen molar-refractivity contribution in [1.82, 2.24) is 5.32 Å². The van der Waals surface area contributed by atoms with Gasteiger partial charge < -0.3 is 10.6 Å². The lowest BCUT2D eigenvalue weighted by Gasteiger charge is -2.09. The van der Waals surface area contributed by atoms with Gasteiger partial charge in [-0.15, -0.1) is 23.5 Å². The Bertz CT molecular complexity index is 1060. The number of halogens is 2. The second-order valence-corrected chi connectivity index (χ2v) is 8.50. The Morgan fingerprint density at radius 1 is 0.742 bits per heavy atom. The van der Waals surface area contributed by atoms with Crippen LogP contribution in [0.3, 0.4) is 0 Å². The van der Waals surface area contributed by atoms with Crippen LogP contribution in [0.2, 0.25) is 0 Å². The molecule has 0 atom stereocenters. The monoisotopic (exact) mass is 458 g/mol. The van der Waals surface area contributed by atoms with E-state index >= 15 is 0 Å². The number of carbonyl (C=O) groups excluding carboxylic acids is 2. The van der Waals surface area contributed by atoms with E-state index in [1.54, 1.807) is 54.6 Å². The van der Waals surface area contributed by atoms with Gasteiger partial charge in [0.15, 0.2) is 0 Å². The van der Waals surface area contributed by atoms with Crippen molar-refractivity contribution in [3.05, 3.63) is 90.0 Å². The molecule has 0 unspecified atom stereocenters. The van der Waals surface area contributed by atoms with E-state index in [1.807, 2.05) is 6.07 Å². The Morgan fingerprint density at radius 2 is 1.32 bits per heavy atom. The van der Waals surface area contributed by atoms with Crippen LogP contribution in [0.15, 0.2) is 82.6 Å². The highest BCUT2D eigenvalue weighted by Gasteiger charge is 2.09. The molecular formula is C23H20F2N2O2S2. The van der Waals surface area contributed by atoms with Crippen molar-refractivity contribution in [3.8, 4) is 0 Å². The van der Waals surface area contributed by atoms with Crippen molar-refractivity contribution in [2.75, 3.05) is 16.8 Å². The number of hydrogen-bond donors (Lipinski definition) is 2. The average molecular weight is 459 g/mol. The molecule has 2 N–H and O–H groups in total. The van der Waals surface area contributed by atoms with Crippen LogP contribution in [-0.2, 0) is 16.1 Å². The van der Waals surface area contributed by atoms with Crippen molar-refractivity contribution in [3.63, 3.8) is 0 Å². The molecule has 0 aliphatic heterocycles. The van der Waals surface area contributed by atoms with Gasteiger partial charge in [-0.2, -0.15) is 0 Å². The summed E-state index contributed by atoms with van der Waals surface area (Å²) in [4.78, 5) is 25.1. The van der Waals surface area contributed by atoms with Crippen LogP contribution in [0.5, 0.6) is 0 Å². The lowest BCUT2D eigenvalue weighted by Crippen LogP contribution is -2.24. The zero-order chi connectivity index (χ0) is 22.1. The van der Waals surface area contributed by atoms with E-state index < -0.39 is 0 Å². The predicted molar refractivity (Wildman–Crippen MR) is 121 cm³/mol. The topological polar surface area (TPSA) is 58.2 Å². The molecule has 160 valence electrons. The van der Waals surface area contributed by atoms with Crippen LogP contribution >= 0.6 is 23.5 Å². The lowest BCUT2D eigenvalue weighted by atomic mass is 10.2. The van der Waals surface area contributed by atoms with E-state index in [9.17, 15) is 18.4 Å². The normalized spacial score (nSPS) is 10.5. The summed E-state index contributed by atoms with van der Waals surface area (Å²) in [5.74, 6) is -0.998. The highest BCUT2D eigenvalue weighted by atomic mass is 32.2. The second kappa shape index (κ2) is 11.5. The maximum Gasteiger partial charge on any atom is 0.234 e. The van der Waals surface area contributed by atoms with Crippen LogP contribution < -0.4 is 10.6 Å². The molecule has 0 fully saturated rings. The smallest absolute Gasteiger partial charge is 0.234 e. The maximum atomic E-state index is 13.6. The van der Waals surface area contributed by atoms with Gasteiger partial charge >= 0.3 is 0 Å². The van der Waals surface area contributed by atoms with Gasteiger partial charge in [0.25, 0.3) is 0 Å². The van der Waals surface area contributed by atoms with Crippen LogP contribution in [0.4, 0.5) is 14.5 Å². The van der Waals surface area contributed by atoms with Gasteiger partial charge in [0.05, 0.1) is 11.5 Å². The van der Waals surface area contributed by atoms with Crippen molar-refractivity contribution >= 4 is 41.0 Å².